The second kappa shape index (κ2) is 28.8. The second-order valence-corrected chi connectivity index (χ2v) is 34.9. The third-order valence-electron chi connectivity index (χ3n) is 24.0. The summed E-state index contributed by atoms with van der Waals surface area (Å²) in [6, 6.07) is 135. The van der Waals surface area contributed by atoms with E-state index in [-0.39, 0.29) is 0 Å². The number of hydrogen-bond donors (Lipinski definition) is 0. The van der Waals surface area contributed by atoms with Gasteiger partial charge in [-0.05, 0) is 236 Å². The van der Waals surface area contributed by atoms with Crippen molar-refractivity contribution in [2.24, 2.45) is 0 Å². The topological polar surface area (TPSA) is 49.3 Å². The van der Waals surface area contributed by atoms with Crippen molar-refractivity contribution >= 4 is 204 Å². The van der Waals surface area contributed by atoms with Gasteiger partial charge in [-0.2, -0.15) is 0 Å². The first-order chi connectivity index (χ1) is 59.1. The van der Waals surface area contributed by atoms with Crippen LogP contribution < -0.4 is 0 Å². The molecule has 8 heterocycles. The number of benzene rings is 18. The zero-order chi connectivity index (χ0) is 79.8. The summed E-state index contributed by atoms with van der Waals surface area (Å²) in [7, 11) is 0. The van der Waals surface area contributed by atoms with Crippen molar-refractivity contribution in [1.29, 1.82) is 0 Å². The van der Waals surface area contributed by atoms with Gasteiger partial charge in [-0.25, -0.2) is 0 Å². The molecule has 26 rings (SSSR count). The molecule has 0 spiro atoms. The number of furan rings is 3. The van der Waals surface area contributed by atoms with Gasteiger partial charge in [-0.3, -0.25) is 0 Å². The van der Waals surface area contributed by atoms with Crippen LogP contribution in [-0.2, 0) is 0 Å². The molecule has 0 N–H and O–H groups in total. The molecular formula is C112H74N2O3S3. The van der Waals surface area contributed by atoms with Crippen LogP contribution >= 0.6 is 34.0 Å². The molecule has 0 atom stereocenters. The number of aromatic nitrogens is 2. The smallest absolute Gasteiger partial charge is 0.143 e. The van der Waals surface area contributed by atoms with E-state index in [0.717, 1.165) is 71.6 Å². The zero-order valence-electron chi connectivity index (χ0n) is 66.1. The van der Waals surface area contributed by atoms with Crippen LogP contribution in [0.2, 0.25) is 0 Å². The predicted molar refractivity (Wildman–Crippen MR) is 516 cm³/mol. The zero-order valence-corrected chi connectivity index (χ0v) is 68.6. The number of fused-ring (bicyclic) bond motifs is 24. The Morgan fingerprint density at radius 3 is 1.08 bits per heavy atom. The molecule has 0 fully saturated rings. The summed E-state index contributed by atoms with van der Waals surface area (Å²) in [6.07, 6.45) is 0. The molecule has 120 heavy (non-hydrogen) atoms. The standard InChI is InChI=1S/C31H21NO.C31H21NS.C25H16O2.C25H16S2/c2*1-20-11-15-30-26(17-20)27-19-22(13-16-31(27)33-30)21-12-14-29-25(18-21)24-9-5-6-10-28(24)32(29)23-7-3-2-4-8-23;2*1-15-9-11-23-20(13-15)21-14-16(10-12-24(21)26-23)17-6-4-7-19-18-5-2-3-8-22(18)27-25(17)19/h2*2-19H,1H3;2*2-14H,1H3. The van der Waals surface area contributed by atoms with Crippen molar-refractivity contribution in [3.05, 3.63) is 398 Å². The highest BCUT2D eigenvalue weighted by molar-refractivity contribution is 7.27. The highest BCUT2D eigenvalue weighted by Crippen LogP contribution is 2.46. The summed E-state index contributed by atoms with van der Waals surface area (Å²) < 4.78 is 31.2. The van der Waals surface area contributed by atoms with Crippen LogP contribution in [0, 0.1) is 27.7 Å². The molecule has 0 saturated carbocycles. The van der Waals surface area contributed by atoms with Gasteiger partial charge in [-0.15, -0.1) is 34.0 Å². The van der Waals surface area contributed by atoms with Gasteiger partial charge >= 0.3 is 0 Å². The first kappa shape index (κ1) is 71.0. The minimum atomic E-state index is 0.913. The molecule has 5 nitrogen and oxygen atoms in total. The number of aryl methyl sites for hydroxylation is 4. The van der Waals surface area contributed by atoms with Crippen LogP contribution in [0.25, 0.3) is 226 Å². The van der Waals surface area contributed by atoms with Gasteiger partial charge in [-0.1, -0.05) is 229 Å². The average molecular weight is 1590 g/mol. The molecular weight excluding hydrogens is 1520 g/mol. The van der Waals surface area contributed by atoms with Crippen molar-refractivity contribution in [2.45, 2.75) is 27.7 Å². The van der Waals surface area contributed by atoms with E-state index in [1.807, 2.05) is 52.2 Å². The van der Waals surface area contributed by atoms with Gasteiger partial charge in [0.15, 0.2) is 0 Å². The fourth-order valence-corrected chi connectivity index (χ4v) is 21.6. The van der Waals surface area contributed by atoms with E-state index in [2.05, 4.69) is 395 Å². The lowest BCUT2D eigenvalue weighted by atomic mass is 10.00. The molecule has 8 heteroatoms. The van der Waals surface area contributed by atoms with E-state index < -0.39 is 0 Å². The van der Waals surface area contributed by atoms with Crippen LogP contribution in [0.5, 0.6) is 0 Å². The van der Waals surface area contributed by atoms with Crippen molar-refractivity contribution in [3.8, 4) is 55.9 Å². The van der Waals surface area contributed by atoms with Gasteiger partial charge in [0.1, 0.15) is 33.5 Å². The first-order valence-corrected chi connectivity index (χ1v) is 43.2. The van der Waals surface area contributed by atoms with Crippen molar-refractivity contribution in [1.82, 2.24) is 9.13 Å². The van der Waals surface area contributed by atoms with Crippen LogP contribution in [0.4, 0.5) is 0 Å². The minimum Gasteiger partial charge on any atom is -0.456 e. The molecule has 8 aromatic heterocycles. The lowest BCUT2D eigenvalue weighted by Gasteiger charge is -2.08. The normalized spacial score (nSPS) is 11.8. The maximum Gasteiger partial charge on any atom is 0.143 e. The SMILES string of the molecule is Cc1ccc2oc3ccc(-c4ccc5c(c4)c4ccccc4n5-c4ccccc4)cc3c2c1.Cc1ccc2oc3ccc(-c4cccc5c4oc4ccccc45)cc3c2c1.Cc1ccc2sc3ccc(-c4ccc5c(c4)c4ccccc4n5-c4ccccc4)cc3c2c1.Cc1ccc2sc3ccc(-c4cccc5c4sc4ccccc45)cc3c2c1. The molecule has 0 radical (unpaired) electrons. The van der Waals surface area contributed by atoms with Crippen molar-refractivity contribution in [2.75, 3.05) is 0 Å². The van der Waals surface area contributed by atoms with Gasteiger partial charge in [0, 0.05) is 131 Å². The van der Waals surface area contributed by atoms with Crippen LogP contribution in [0.3, 0.4) is 0 Å². The molecule has 0 aliphatic carbocycles. The van der Waals surface area contributed by atoms with Crippen molar-refractivity contribution in [3.63, 3.8) is 0 Å². The first-order valence-electron chi connectivity index (χ1n) is 40.8. The monoisotopic (exact) mass is 1590 g/mol. The Labute approximate surface area is 702 Å². The quantitative estimate of drug-likeness (QED) is 0.167. The summed E-state index contributed by atoms with van der Waals surface area (Å²) in [5.74, 6) is 0. The van der Waals surface area contributed by atoms with E-state index in [4.69, 9.17) is 13.3 Å². The Kier molecular flexibility index (Phi) is 17.0. The van der Waals surface area contributed by atoms with Gasteiger partial charge < -0.3 is 22.4 Å². The minimum absolute atomic E-state index is 0.913. The molecule has 0 saturated heterocycles. The van der Waals surface area contributed by atoms with Crippen LogP contribution in [0.1, 0.15) is 22.3 Å². The van der Waals surface area contributed by atoms with E-state index in [1.165, 1.54) is 177 Å². The molecule has 26 aromatic rings. The Hall–Kier alpha value is -14.4. The third-order valence-corrected chi connectivity index (χ3v) is 27.5. The maximum atomic E-state index is 6.21. The molecule has 0 aliphatic heterocycles. The Bertz CT molecular complexity index is 8110. The summed E-state index contributed by atoms with van der Waals surface area (Å²) in [5, 5.41) is 20.2. The number of hydrogen-bond acceptors (Lipinski definition) is 6. The van der Waals surface area contributed by atoms with E-state index in [9.17, 15) is 0 Å². The highest BCUT2D eigenvalue weighted by atomic mass is 32.1. The average Bonchev–Trinajstić information content (AvgIpc) is 1.59. The van der Waals surface area contributed by atoms with Gasteiger partial charge in [0.2, 0.25) is 0 Å². The highest BCUT2D eigenvalue weighted by Gasteiger charge is 2.21. The Balaban J connectivity index is 0.0000000938. The lowest BCUT2D eigenvalue weighted by Crippen LogP contribution is -1.92. The number of thiophene rings is 3. The molecule has 568 valence electrons. The summed E-state index contributed by atoms with van der Waals surface area (Å²) in [4.78, 5) is 0. The van der Waals surface area contributed by atoms with Gasteiger partial charge in [0.05, 0.1) is 22.1 Å². The molecule has 0 unspecified atom stereocenters. The lowest BCUT2D eigenvalue weighted by molar-refractivity contribution is 0.668. The summed E-state index contributed by atoms with van der Waals surface area (Å²) >= 11 is 5.66. The molecule has 0 amide bonds. The molecule has 0 bridgehead atoms. The Morgan fingerprint density at radius 2 is 0.525 bits per heavy atom. The van der Waals surface area contributed by atoms with Gasteiger partial charge in [0.25, 0.3) is 0 Å². The van der Waals surface area contributed by atoms with E-state index in [1.54, 1.807) is 0 Å². The number of nitrogens with zero attached hydrogens (tertiary/aromatic N) is 2. The Morgan fingerprint density at radius 1 is 0.192 bits per heavy atom. The van der Waals surface area contributed by atoms with Crippen LogP contribution in [0.15, 0.2) is 389 Å². The fourth-order valence-electron chi connectivity index (χ4n) is 18.2. The van der Waals surface area contributed by atoms with E-state index in [0.29, 0.717) is 0 Å². The molecule has 18 aromatic carbocycles. The predicted octanol–water partition coefficient (Wildman–Crippen LogP) is 33.6. The number of para-hydroxylation sites is 6. The fraction of sp³-hybridized carbons (Fsp3) is 0.0357. The molecule has 0 aliphatic rings. The van der Waals surface area contributed by atoms with Crippen LogP contribution in [-0.4, -0.2) is 9.13 Å². The number of rotatable bonds is 6. The largest absolute Gasteiger partial charge is 0.456 e. The summed E-state index contributed by atoms with van der Waals surface area (Å²) in [6.45, 7) is 8.57. The maximum absolute atomic E-state index is 6.21. The second-order valence-electron chi connectivity index (χ2n) is 31.7. The third kappa shape index (κ3) is 12.2. The summed E-state index contributed by atoms with van der Waals surface area (Å²) in [5.41, 5.74) is 27.8. The van der Waals surface area contributed by atoms with Crippen molar-refractivity contribution < 1.29 is 13.3 Å². The van der Waals surface area contributed by atoms with E-state index >= 15 is 0 Å².